The Morgan fingerprint density at radius 1 is 1.41 bits per heavy atom. The molecule has 0 fully saturated rings. The summed E-state index contributed by atoms with van der Waals surface area (Å²) in [6.45, 7) is 3.94. The highest BCUT2D eigenvalue weighted by molar-refractivity contribution is 9.10. The van der Waals surface area contributed by atoms with Gasteiger partial charge in [-0.1, -0.05) is 28.1 Å². The summed E-state index contributed by atoms with van der Waals surface area (Å²) in [7, 11) is 0. The first kappa shape index (κ1) is 12.3. The van der Waals surface area contributed by atoms with Crippen molar-refractivity contribution in [2.75, 3.05) is 6.54 Å². The zero-order chi connectivity index (χ0) is 12.1. The Morgan fingerprint density at radius 3 is 3.00 bits per heavy atom. The molecule has 0 unspecified atom stereocenters. The van der Waals surface area contributed by atoms with Crippen molar-refractivity contribution in [1.29, 1.82) is 0 Å². The van der Waals surface area contributed by atoms with E-state index >= 15 is 0 Å². The monoisotopic (exact) mass is 293 g/mol. The average molecular weight is 294 g/mol. The minimum Gasteiger partial charge on any atom is -0.349 e. The lowest BCUT2D eigenvalue weighted by molar-refractivity contribution is 0.673. The molecule has 1 heterocycles. The molecule has 0 aliphatic heterocycles. The summed E-state index contributed by atoms with van der Waals surface area (Å²) in [5, 5.41) is 3.41. The van der Waals surface area contributed by atoms with Crippen LogP contribution in [0.2, 0.25) is 0 Å². The van der Waals surface area contributed by atoms with Crippen molar-refractivity contribution < 1.29 is 0 Å². The van der Waals surface area contributed by atoms with Gasteiger partial charge in [0.15, 0.2) is 0 Å². The van der Waals surface area contributed by atoms with E-state index in [2.05, 4.69) is 56.3 Å². The summed E-state index contributed by atoms with van der Waals surface area (Å²) >= 11 is 3.50. The van der Waals surface area contributed by atoms with Gasteiger partial charge in [-0.3, -0.25) is 0 Å². The van der Waals surface area contributed by atoms with Gasteiger partial charge in [0.2, 0.25) is 0 Å². The molecule has 1 aromatic carbocycles. The maximum atomic E-state index is 4.18. The van der Waals surface area contributed by atoms with Crippen molar-refractivity contribution >= 4 is 15.9 Å². The van der Waals surface area contributed by atoms with Gasteiger partial charge >= 0.3 is 0 Å². The molecule has 0 amide bonds. The van der Waals surface area contributed by atoms with Gasteiger partial charge in [0.1, 0.15) is 5.82 Å². The topological polar surface area (TPSA) is 40.7 Å². The smallest absolute Gasteiger partial charge is 0.107 e. The van der Waals surface area contributed by atoms with Gasteiger partial charge in [0, 0.05) is 36.4 Å². The molecule has 3 nitrogen and oxygen atoms in total. The van der Waals surface area contributed by atoms with Crippen molar-refractivity contribution in [3.8, 4) is 0 Å². The van der Waals surface area contributed by atoms with Crippen molar-refractivity contribution in [3.63, 3.8) is 0 Å². The third kappa shape index (κ3) is 3.68. The molecule has 17 heavy (non-hydrogen) atoms. The number of aromatic amines is 1. The SMILES string of the molecule is Cc1cc(CNCCc2ncc[nH]2)ccc1Br. The molecule has 0 spiro atoms. The Labute approximate surface area is 110 Å². The van der Waals surface area contributed by atoms with Gasteiger partial charge in [-0.05, 0) is 24.1 Å². The Bertz CT molecular complexity index is 466. The van der Waals surface area contributed by atoms with E-state index in [1.54, 1.807) is 6.20 Å². The third-order valence-corrected chi connectivity index (χ3v) is 3.53. The number of hydrogen-bond donors (Lipinski definition) is 2. The highest BCUT2D eigenvalue weighted by Crippen LogP contribution is 2.16. The first-order valence-electron chi connectivity index (χ1n) is 5.70. The average Bonchev–Trinajstić information content (AvgIpc) is 2.82. The lowest BCUT2D eigenvalue weighted by atomic mass is 10.1. The number of hydrogen-bond acceptors (Lipinski definition) is 2. The van der Waals surface area contributed by atoms with Crippen molar-refractivity contribution in [2.24, 2.45) is 0 Å². The molecule has 2 N–H and O–H groups in total. The fourth-order valence-electron chi connectivity index (χ4n) is 1.69. The van der Waals surface area contributed by atoms with Gasteiger partial charge in [-0.25, -0.2) is 4.98 Å². The molecular formula is C13H16BrN3. The Balaban J connectivity index is 1.76. The highest BCUT2D eigenvalue weighted by atomic mass is 79.9. The van der Waals surface area contributed by atoms with E-state index in [1.165, 1.54) is 11.1 Å². The molecule has 90 valence electrons. The number of nitrogens with one attached hydrogen (secondary N) is 2. The maximum Gasteiger partial charge on any atom is 0.107 e. The number of H-pyrrole nitrogens is 1. The molecule has 2 aromatic rings. The third-order valence-electron chi connectivity index (χ3n) is 2.64. The molecule has 1 aromatic heterocycles. The summed E-state index contributed by atoms with van der Waals surface area (Å²) in [5.41, 5.74) is 2.58. The second-order valence-electron chi connectivity index (χ2n) is 4.05. The van der Waals surface area contributed by atoms with Crippen LogP contribution in [0.4, 0.5) is 0 Å². The quantitative estimate of drug-likeness (QED) is 0.833. The predicted molar refractivity (Wildman–Crippen MR) is 72.9 cm³/mol. The van der Waals surface area contributed by atoms with Crippen molar-refractivity contribution in [3.05, 3.63) is 52.0 Å². The molecule has 0 saturated heterocycles. The molecular weight excluding hydrogens is 278 g/mol. The van der Waals surface area contributed by atoms with Crippen LogP contribution < -0.4 is 5.32 Å². The maximum absolute atomic E-state index is 4.18. The standard InChI is InChI=1S/C13H16BrN3/c1-10-8-11(2-3-12(10)14)9-15-5-4-13-16-6-7-17-13/h2-3,6-8,15H,4-5,9H2,1H3,(H,16,17). The summed E-state index contributed by atoms with van der Waals surface area (Å²) < 4.78 is 1.16. The van der Waals surface area contributed by atoms with Crippen molar-refractivity contribution in [2.45, 2.75) is 19.9 Å². The van der Waals surface area contributed by atoms with Crippen LogP contribution in [0.15, 0.2) is 35.1 Å². The van der Waals surface area contributed by atoms with Crippen LogP contribution in [0.3, 0.4) is 0 Å². The lowest BCUT2D eigenvalue weighted by Crippen LogP contribution is -2.17. The minimum atomic E-state index is 0.898. The summed E-state index contributed by atoms with van der Waals surface area (Å²) in [5.74, 6) is 1.03. The van der Waals surface area contributed by atoms with Crippen molar-refractivity contribution in [1.82, 2.24) is 15.3 Å². The predicted octanol–water partition coefficient (Wildman–Crippen LogP) is 2.81. The van der Waals surface area contributed by atoms with E-state index in [-0.39, 0.29) is 0 Å². The summed E-state index contributed by atoms with van der Waals surface area (Å²) in [6, 6.07) is 6.43. The molecule has 0 aliphatic rings. The second kappa shape index (κ2) is 5.98. The van der Waals surface area contributed by atoms with Crippen LogP contribution in [0.1, 0.15) is 17.0 Å². The van der Waals surface area contributed by atoms with Crippen LogP contribution in [-0.4, -0.2) is 16.5 Å². The lowest BCUT2D eigenvalue weighted by Gasteiger charge is -2.06. The van der Waals surface area contributed by atoms with E-state index in [9.17, 15) is 0 Å². The Morgan fingerprint density at radius 2 is 2.29 bits per heavy atom. The number of imidazole rings is 1. The van der Waals surface area contributed by atoms with Gasteiger partial charge in [-0.15, -0.1) is 0 Å². The molecule has 0 radical (unpaired) electrons. The summed E-state index contributed by atoms with van der Waals surface area (Å²) in [4.78, 5) is 7.28. The molecule has 2 rings (SSSR count). The number of benzene rings is 1. The van der Waals surface area contributed by atoms with Crippen LogP contribution in [0, 0.1) is 6.92 Å². The first-order chi connectivity index (χ1) is 8.25. The Hall–Kier alpha value is -1.13. The molecule has 4 heteroatoms. The fraction of sp³-hybridized carbons (Fsp3) is 0.308. The van der Waals surface area contributed by atoms with Crippen LogP contribution in [0.25, 0.3) is 0 Å². The fourth-order valence-corrected chi connectivity index (χ4v) is 1.94. The van der Waals surface area contributed by atoms with E-state index in [1.807, 2.05) is 6.20 Å². The second-order valence-corrected chi connectivity index (χ2v) is 4.90. The summed E-state index contributed by atoms with van der Waals surface area (Å²) in [6.07, 6.45) is 4.57. The normalized spacial score (nSPS) is 10.7. The van der Waals surface area contributed by atoms with Crippen LogP contribution in [-0.2, 0) is 13.0 Å². The number of aromatic nitrogens is 2. The molecule has 0 aliphatic carbocycles. The zero-order valence-corrected chi connectivity index (χ0v) is 11.4. The number of nitrogens with zero attached hydrogens (tertiary/aromatic N) is 1. The van der Waals surface area contributed by atoms with Gasteiger partial charge < -0.3 is 10.3 Å². The van der Waals surface area contributed by atoms with E-state index in [4.69, 9.17) is 0 Å². The first-order valence-corrected chi connectivity index (χ1v) is 6.49. The highest BCUT2D eigenvalue weighted by Gasteiger charge is 1.98. The van der Waals surface area contributed by atoms with E-state index in [0.29, 0.717) is 0 Å². The largest absolute Gasteiger partial charge is 0.349 e. The molecule has 0 atom stereocenters. The molecule has 0 bridgehead atoms. The van der Waals surface area contributed by atoms with Gasteiger partial charge in [0.25, 0.3) is 0 Å². The van der Waals surface area contributed by atoms with Gasteiger partial charge in [0.05, 0.1) is 0 Å². The number of rotatable bonds is 5. The minimum absolute atomic E-state index is 0.898. The van der Waals surface area contributed by atoms with Crippen LogP contribution >= 0.6 is 15.9 Å². The molecule has 0 saturated carbocycles. The number of halogens is 1. The van der Waals surface area contributed by atoms with E-state index in [0.717, 1.165) is 29.8 Å². The number of aryl methyl sites for hydroxylation is 1. The Kier molecular flexibility index (Phi) is 4.34. The zero-order valence-electron chi connectivity index (χ0n) is 9.83. The van der Waals surface area contributed by atoms with Gasteiger partial charge in [-0.2, -0.15) is 0 Å². The van der Waals surface area contributed by atoms with E-state index < -0.39 is 0 Å². The van der Waals surface area contributed by atoms with Crippen LogP contribution in [0.5, 0.6) is 0 Å².